The Morgan fingerprint density at radius 3 is 2.88 bits per heavy atom. The van der Waals surface area contributed by atoms with Crippen LogP contribution in [0.15, 0.2) is 34.9 Å². The van der Waals surface area contributed by atoms with E-state index >= 15 is 0 Å². The fourth-order valence-corrected chi connectivity index (χ4v) is 2.78. The number of esters is 1. The molecule has 3 rings (SSSR count). The van der Waals surface area contributed by atoms with Crippen molar-refractivity contribution in [2.45, 2.75) is 39.5 Å². The summed E-state index contributed by atoms with van der Waals surface area (Å²) in [5.41, 5.74) is 2.09. The van der Waals surface area contributed by atoms with Crippen LogP contribution in [-0.2, 0) is 11.2 Å². The molecule has 0 aliphatic carbocycles. The number of aromatic nitrogens is 2. The third kappa shape index (κ3) is 3.20. The Bertz CT molecular complexity index is 832. The SMILES string of the molecule is CCCCCc1nc(C(=O)OCC)c(-c2c[nH]c3ccccc23)o1. The zero-order valence-corrected chi connectivity index (χ0v) is 14.1. The third-order valence-electron chi connectivity index (χ3n) is 3.97. The standard InChI is InChI=1S/C19H22N2O3/c1-3-5-6-11-16-21-17(19(22)23-4-2)18(24-16)14-12-20-15-10-8-7-9-13(14)15/h7-10,12,20H,3-6,11H2,1-2H3. The van der Waals surface area contributed by atoms with Crippen molar-refractivity contribution in [3.8, 4) is 11.3 Å². The molecule has 2 aromatic heterocycles. The molecule has 0 unspecified atom stereocenters. The van der Waals surface area contributed by atoms with Crippen LogP contribution in [-0.4, -0.2) is 22.5 Å². The number of nitrogens with zero attached hydrogens (tertiary/aromatic N) is 1. The maximum absolute atomic E-state index is 12.3. The van der Waals surface area contributed by atoms with Gasteiger partial charge in [0.05, 0.1) is 6.61 Å². The van der Waals surface area contributed by atoms with Gasteiger partial charge >= 0.3 is 5.97 Å². The molecular formula is C19H22N2O3. The van der Waals surface area contributed by atoms with Gasteiger partial charge in [-0.25, -0.2) is 9.78 Å². The smallest absolute Gasteiger partial charge is 0.360 e. The first kappa shape index (κ1) is 16.3. The van der Waals surface area contributed by atoms with Crippen LogP contribution in [0.4, 0.5) is 0 Å². The number of ether oxygens (including phenoxy) is 1. The first-order valence-electron chi connectivity index (χ1n) is 8.47. The number of fused-ring (bicyclic) bond motifs is 1. The number of oxazole rings is 1. The predicted molar refractivity (Wildman–Crippen MR) is 93.0 cm³/mol. The molecule has 0 atom stereocenters. The number of para-hydroxylation sites is 1. The molecule has 1 N–H and O–H groups in total. The summed E-state index contributed by atoms with van der Waals surface area (Å²) < 4.78 is 11.1. The first-order chi connectivity index (χ1) is 11.7. The Morgan fingerprint density at radius 1 is 1.25 bits per heavy atom. The summed E-state index contributed by atoms with van der Waals surface area (Å²) in [5, 5.41) is 0.999. The van der Waals surface area contributed by atoms with Gasteiger partial charge in [0.2, 0.25) is 0 Å². The predicted octanol–water partition coefficient (Wildman–Crippen LogP) is 4.73. The topological polar surface area (TPSA) is 68.1 Å². The molecule has 2 heterocycles. The van der Waals surface area contributed by atoms with E-state index in [9.17, 15) is 4.79 Å². The number of hydrogen-bond acceptors (Lipinski definition) is 4. The van der Waals surface area contributed by atoms with E-state index < -0.39 is 5.97 Å². The molecule has 0 spiro atoms. The lowest BCUT2D eigenvalue weighted by Gasteiger charge is -2.00. The highest BCUT2D eigenvalue weighted by atomic mass is 16.5. The van der Waals surface area contributed by atoms with Crippen LogP contribution in [0, 0.1) is 0 Å². The molecule has 3 aromatic rings. The van der Waals surface area contributed by atoms with E-state index in [-0.39, 0.29) is 5.69 Å². The third-order valence-corrected chi connectivity index (χ3v) is 3.97. The van der Waals surface area contributed by atoms with Crippen molar-refractivity contribution in [2.24, 2.45) is 0 Å². The normalized spacial score (nSPS) is 11.1. The second kappa shape index (κ2) is 7.34. The summed E-state index contributed by atoms with van der Waals surface area (Å²) in [7, 11) is 0. The summed E-state index contributed by atoms with van der Waals surface area (Å²) in [6, 6.07) is 7.91. The maximum Gasteiger partial charge on any atom is 0.360 e. The van der Waals surface area contributed by atoms with Gasteiger partial charge < -0.3 is 14.1 Å². The van der Waals surface area contributed by atoms with Crippen molar-refractivity contribution < 1.29 is 13.9 Å². The number of benzene rings is 1. The Kier molecular flexibility index (Phi) is 4.99. The van der Waals surface area contributed by atoms with E-state index in [0.717, 1.165) is 42.1 Å². The van der Waals surface area contributed by atoms with Gasteiger partial charge in [0.1, 0.15) is 0 Å². The average molecular weight is 326 g/mol. The second-order valence-corrected chi connectivity index (χ2v) is 5.71. The lowest BCUT2D eigenvalue weighted by atomic mass is 10.1. The minimum absolute atomic E-state index is 0.258. The van der Waals surface area contributed by atoms with Crippen LogP contribution in [0.25, 0.3) is 22.2 Å². The number of carbonyl (C=O) groups is 1. The average Bonchev–Trinajstić information content (AvgIpc) is 3.19. The number of hydrogen-bond donors (Lipinski definition) is 1. The molecule has 5 heteroatoms. The number of aryl methyl sites for hydroxylation is 1. The van der Waals surface area contributed by atoms with Crippen LogP contribution in [0.3, 0.4) is 0 Å². The number of aromatic amines is 1. The lowest BCUT2D eigenvalue weighted by Crippen LogP contribution is -2.06. The van der Waals surface area contributed by atoms with Gasteiger partial charge in [-0.05, 0) is 19.4 Å². The molecule has 0 aliphatic heterocycles. The molecule has 0 radical (unpaired) electrons. The molecule has 0 aliphatic rings. The molecule has 5 nitrogen and oxygen atoms in total. The zero-order valence-electron chi connectivity index (χ0n) is 14.1. The van der Waals surface area contributed by atoms with Gasteiger partial charge in [-0.15, -0.1) is 0 Å². The Morgan fingerprint density at radius 2 is 2.08 bits per heavy atom. The molecule has 0 fully saturated rings. The summed E-state index contributed by atoms with van der Waals surface area (Å²) in [5.74, 6) is 0.632. The number of carbonyl (C=O) groups excluding carboxylic acids is 1. The maximum atomic E-state index is 12.3. The van der Waals surface area contributed by atoms with E-state index in [4.69, 9.17) is 9.15 Å². The van der Waals surface area contributed by atoms with Gasteiger partial charge in [-0.1, -0.05) is 38.0 Å². The Balaban J connectivity index is 2.02. The molecule has 0 saturated carbocycles. The fraction of sp³-hybridized carbons (Fsp3) is 0.368. The van der Waals surface area contributed by atoms with Crippen molar-refractivity contribution >= 4 is 16.9 Å². The Labute approximate surface area is 141 Å². The zero-order chi connectivity index (χ0) is 16.9. The lowest BCUT2D eigenvalue weighted by molar-refractivity contribution is 0.0520. The molecule has 24 heavy (non-hydrogen) atoms. The quantitative estimate of drug-likeness (QED) is 0.503. The molecule has 126 valence electrons. The Hall–Kier alpha value is -2.56. The molecular weight excluding hydrogens is 304 g/mol. The summed E-state index contributed by atoms with van der Waals surface area (Å²) in [6.45, 7) is 4.24. The molecule has 0 saturated heterocycles. The van der Waals surface area contributed by atoms with E-state index in [1.165, 1.54) is 0 Å². The molecule has 0 amide bonds. The van der Waals surface area contributed by atoms with Gasteiger partial charge in [-0.3, -0.25) is 0 Å². The highest BCUT2D eigenvalue weighted by Crippen LogP contribution is 2.32. The van der Waals surface area contributed by atoms with Gasteiger partial charge in [0.25, 0.3) is 0 Å². The minimum atomic E-state index is -0.441. The van der Waals surface area contributed by atoms with Crippen LogP contribution >= 0.6 is 0 Å². The summed E-state index contributed by atoms with van der Waals surface area (Å²) in [6.07, 6.45) is 5.80. The van der Waals surface area contributed by atoms with Crippen molar-refractivity contribution in [1.29, 1.82) is 0 Å². The summed E-state index contributed by atoms with van der Waals surface area (Å²) in [4.78, 5) is 19.9. The molecule has 1 aromatic carbocycles. The minimum Gasteiger partial charge on any atom is -0.461 e. The number of unbranched alkanes of at least 4 members (excludes halogenated alkanes) is 2. The molecule has 0 bridgehead atoms. The van der Waals surface area contributed by atoms with Gasteiger partial charge in [-0.2, -0.15) is 0 Å². The van der Waals surface area contributed by atoms with Crippen LogP contribution in [0.5, 0.6) is 0 Å². The van der Waals surface area contributed by atoms with Crippen LogP contribution < -0.4 is 0 Å². The first-order valence-corrected chi connectivity index (χ1v) is 8.47. The number of nitrogens with one attached hydrogen (secondary N) is 1. The fourth-order valence-electron chi connectivity index (χ4n) is 2.78. The monoisotopic (exact) mass is 326 g/mol. The van der Waals surface area contributed by atoms with Crippen LogP contribution in [0.1, 0.15) is 49.5 Å². The van der Waals surface area contributed by atoms with E-state index in [2.05, 4.69) is 16.9 Å². The van der Waals surface area contributed by atoms with Crippen molar-refractivity contribution in [2.75, 3.05) is 6.61 Å². The largest absolute Gasteiger partial charge is 0.461 e. The van der Waals surface area contributed by atoms with Crippen molar-refractivity contribution in [3.05, 3.63) is 42.0 Å². The van der Waals surface area contributed by atoms with E-state index in [1.807, 2.05) is 30.5 Å². The highest BCUT2D eigenvalue weighted by Gasteiger charge is 2.24. The van der Waals surface area contributed by atoms with Gasteiger partial charge in [0.15, 0.2) is 17.3 Å². The van der Waals surface area contributed by atoms with E-state index in [0.29, 0.717) is 18.3 Å². The van der Waals surface area contributed by atoms with Crippen molar-refractivity contribution in [1.82, 2.24) is 9.97 Å². The van der Waals surface area contributed by atoms with Gasteiger partial charge in [0, 0.05) is 29.1 Å². The number of rotatable bonds is 7. The van der Waals surface area contributed by atoms with Crippen molar-refractivity contribution in [3.63, 3.8) is 0 Å². The van der Waals surface area contributed by atoms with E-state index in [1.54, 1.807) is 6.92 Å². The second-order valence-electron chi connectivity index (χ2n) is 5.71. The van der Waals surface area contributed by atoms with Crippen LogP contribution in [0.2, 0.25) is 0 Å². The highest BCUT2D eigenvalue weighted by molar-refractivity contribution is 6.00. The number of H-pyrrole nitrogens is 1. The summed E-state index contributed by atoms with van der Waals surface area (Å²) >= 11 is 0.